The number of hydrazone groups is 1. The summed E-state index contributed by atoms with van der Waals surface area (Å²) < 4.78 is 11.0. The van der Waals surface area contributed by atoms with E-state index in [4.69, 9.17) is 9.47 Å². The zero-order valence-electron chi connectivity index (χ0n) is 12.4. The Bertz CT molecular complexity index is 699. The molecule has 22 heavy (non-hydrogen) atoms. The van der Waals surface area contributed by atoms with E-state index in [0.717, 1.165) is 18.2 Å². The summed E-state index contributed by atoms with van der Waals surface area (Å²) in [4.78, 5) is 13.5. The monoisotopic (exact) mass is 303 g/mol. The topological polar surface area (TPSA) is 101 Å². The molecule has 0 amide bonds. The second-order valence-corrected chi connectivity index (χ2v) is 4.28. The van der Waals surface area contributed by atoms with Crippen LogP contribution < -0.4 is 20.5 Å². The van der Waals surface area contributed by atoms with Crippen molar-refractivity contribution in [3.63, 3.8) is 0 Å². The van der Waals surface area contributed by atoms with Crippen LogP contribution in [0.2, 0.25) is 0 Å². The molecule has 0 saturated heterocycles. The van der Waals surface area contributed by atoms with Crippen LogP contribution >= 0.6 is 0 Å². The van der Waals surface area contributed by atoms with Crippen LogP contribution in [0.15, 0.2) is 34.3 Å². The molecule has 0 spiro atoms. The van der Waals surface area contributed by atoms with Crippen LogP contribution in [0.1, 0.15) is 18.9 Å². The summed E-state index contributed by atoms with van der Waals surface area (Å²) in [6, 6.07) is 5.50. The summed E-state index contributed by atoms with van der Waals surface area (Å²) >= 11 is 0. The maximum Gasteiger partial charge on any atom is 0.271 e. The van der Waals surface area contributed by atoms with Crippen LogP contribution in [0.25, 0.3) is 0 Å². The van der Waals surface area contributed by atoms with Gasteiger partial charge in [-0.2, -0.15) is 5.10 Å². The molecule has 0 aliphatic rings. The van der Waals surface area contributed by atoms with E-state index in [1.54, 1.807) is 13.3 Å². The molecule has 0 atom stereocenters. The number of ether oxygens (including phenoxy) is 2. The van der Waals surface area contributed by atoms with Crippen molar-refractivity contribution in [1.29, 1.82) is 0 Å². The number of benzene rings is 1. The van der Waals surface area contributed by atoms with Gasteiger partial charge in [0.15, 0.2) is 11.5 Å². The van der Waals surface area contributed by atoms with Crippen LogP contribution in [-0.4, -0.2) is 35.1 Å². The molecule has 8 nitrogen and oxygen atoms in total. The van der Waals surface area contributed by atoms with Crippen LogP contribution in [0.5, 0.6) is 11.5 Å². The standard InChI is InChI=1S/C14H17N5O3/c1-3-7-22-13-10(5-4-6-11(13)21-2)8-15-18-14-17-12(20)9-16-19-14/h4-6,8-9H,3,7H2,1-2H3,(H2,17,18,19,20)/b15-8+. The number of aromatic amines is 1. The van der Waals surface area contributed by atoms with Crippen molar-refractivity contribution in [2.75, 3.05) is 19.1 Å². The molecular formula is C14H17N5O3. The first kappa shape index (κ1) is 15.5. The first-order valence-corrected chi connectivity index (χ1v) is 6.75. The third-order valence-corrected chi connectivity index (χ3v) is 2.63. The van der Waals surface area contributed by atoms with Crippen molar-refractivity contribution in [1.82, 2.24) is 15.2 Å². The number of nitrogens with one attached hydrogen (secondary N) is 2. The van der Waals surface area contributed by atoms with E-state index in [2.05, 4.69) is 25.7 Å². The highest BCUT2D eigenvalue weighted by Crippen LogP contribution is 2.30. The fourth-order valence-corrected chi connectivity index (χ4v) is 1.68. The van der Waals surface area contributed by atoms with Gasteiger partial charge in [0, 0.05) is 5.56 Å². The van der Waals surface area contributed by atoms with Gasteiger partial charge in [0.1, 0.15) is 6.20 Å². The van der Waals surface area contributed by atoms with Gasteiger partial charge < -0.3 is 9.47 Å². The van der Waals surface area contributed by atoms with Crippen molar-refractivity contribution in [3.8, 4) is 11.5 Å². The van der Waals surface area contributed by atoms with Crippen molar-refractivity contribution >= 4 is 12.2 Å². The number of anilines is 1. The van der Waals surface area contributed by atoms with Gasteiger partial charge in [0.05, 0.1) is 19.9 Å². The molecular weight excluding hydrogens is 286 g/mol. The van der Waals surface area contributed by atoms with Gasteiger partial charge in [-0.05, 0) is 18.6 Å². The Balaban J connectivity index is 2.17. The van der Waals surface area contributed by atoms with Crippen molar-refractivity contribution in [2.45, 2.75) is 13.3 Å². The molecule has 116 valence electrons. The Labute approximate surface area is 127 Å². The SMILES string of the molecule is CCCOc1c(/C=N/Nc2nncc(=O)[nH]2)cccc1OC. The molecule has 0 bridgehead atoms. The lowest BCUT2D eigenvalue weighted by molar-refractivity contribution is 0.294. The molecule has 0 aliphatic carbocycles. The lowest BCUT2D eigenvalue weighted by atomic mass is 10.2. The quantitative estimate of drug-likeness (QED) is 0.592. The van der Waals surface area contributed by atoms with Gasteiger partial charge in [0.2, 0.25) is 5.95 Å². The van der Waals surface area contributed by atoms with Crippen LogP contribution in [0.4, 0.5) is 5.95 Å². The molecule has 0 fully saturated rings. The predicted octanol–water partition coefficient (Wildman–Crippen LogP) is 1.41. The molecule has 2 aromatic rings. The van der Waals surface area contributed by atoms with E-state index in [1.807, 2.05) is 25.1 Å². The third-order valence-electron chi connectivity index (χ3n) is 2.63. The van der Waals surface area contributed by atoms with Crippen LogP contribution in [-0.2, 0) is 0 Å². The van der Waals surface area contributed by atoms with E-state index in [9.17, 15) is 4.79 Å². The molecule has 1 aromatic heterocycles. The summed E-state index contributed by atoms with van der Waals surface area (Å²) in [6.45, 7) is 2.60. The van der Waals surface area contributed by atoms with Crippen molar-refractivity contribution in [2.24, 2.45) is 5.10 Å². The second-order valence-electron chi connectivity index (χ2n) is 4.28. The highest BCUT2D eigenvalue weighted by molar-refractivity contribution is 5.85. The van der Waals surface area contributed by atoms with Crippen molar-refractivity contribution in [3.05, 3.63) is 40.3 Å². The average Bonchev–Trinajstić information content (AvgIpc) is 2.53. The Morgan fingerprint density at radius 3 is 3.05 bits per heavy atom. The minimum atomic E-state index is -0.360. The van der Waals surface area contributed by atoms with E-state index < -0.39 is 0 Å². The first-order valence-electron chi connectivity index (χ1n) is 6.75. The maximum absolute atomic E-state index is 11.1. The van der Waals surface area contributed by atoms with Gasteiger partial charge >= 0.3 is 0 Å². The summed E-state index contributed by atoms with van der Waals surface area (Å²) in [5, 5.41) is 11.2. The molecule has 1 heterocycles. The molecule has 0 unspecified atom stereocenters. The normalized spacial score (nSPS) is 10.6. The number of H-pyrrole nitrogens is 1. The number of nitrogens with zero attached hydrogens (tertiary/aromatic N) is 3. The van der Waals surface area contributed by atoms with Crippen LogP contribution in [0, 0.1) is 0 Å². The first-order chi connectivity index (χ1) is 10.7. The zero-order chi connectivity index (χ0) is 15.8. The summed E-state index contributed by atoms with van der Waals surface area (Å²) in [7, 11) is 1.58. The molecule has 1 aromatic carbocycles. The summed E-state index contributed by atoms with van der Waals surface area (Å²) in [6.07, 6.45) is 3.52. The van der Waals surface area contributed by atoms with Gasteiger partial charge in [-0.3, -0.25) is 9.78 Å². The molecule has 2 rings (SSSR count). The van der Waals surface area contributed by atoms with Gasteiger partial charge in [-0.1, -0.05) is 13.0 Å². The zero-order valence-corrected chi connectivity index (χ0v) is 12.4. The number of methoxy groups -OCH3 is 1. The Morgan fingerprint density at radius 2 is 2.32 bits per heavy atom. The smallest absolute Gasteiger partial charge is 0.271 e. The Morgan fingerprint density at radius 1 is 1.45 bits per heavy atom. The number of hydrogen-bond donors (Lipinski definition) is 2. The van der Waals surface area contributed by atoms with Gasteiger partial charge in [-0.25, -0.2) is 5.43 Å². The molecule has 8 heteroatoms. The average molecular weight is 303 g/mol. The lowest BCUT2D eigenvalue weighted by Crippen LogP contribution is -2.10. The van der Waals surface area contributed by atoms with Gasteiger partial charge in [-0.15, -0.1) is 10.2 Å². The fourth-order valence-electron chi connectivity index (χ4n) is 1.68. The largest absolute Gasteiger partial charge is 0.493 e. The highest BCUT2D eigenvalue weighted by atomic mass is 16.5. The number of rotatable bonds is 7. The maximum atomic E-state index is 11.1. The molecule has 0 radical (unpaired) electrons. The third kappa shape index (κ3) is 4.05. The number of aromatic nitrogens is 3. The Kier molecular flexibility index (Phi) is 5.47. The number of hydrogen-bond acceptors (Lipinski definition) is 7. The molecule has 0 saturated carbocycles. The second kappa shape index (κ2) is 7.77. The minimum absolute atomic E-state index is 0.155. The van der Waals surface area contributed by atoms with Crippen LogP contribution in [0.3, 0.4) is 0 Å². The number of para-hydroxylation sites is 1. The van der Waals surface area contributed by atoms with E-state index in [0.29, 0.717) is 18.1 Å². The Hall–Kier alpha value is -2.90. The van der Waals surface area contributed by atoms with Crippen molar-refractivity contribution < 1.29 is 9.47 Å². The molecule has 2 N–H and O–H groups in total. The fraction of sp³-hybridized carbons (Fsp3) is 0.286. The van der Waals surface area contributed by atoms with Gasteiger partial charge in [0.25, 0.3) is 5.56 Å². The lowest BCUT2D eigenvalue weighted by Gasteiger charge is -2.12. The predicted molar refractivity (Wildman–Crippen MR) is 82.6 cm³/mol. The summed E-state index contributed by atoms with van der Waals surface area (Å²) in [5.74, 6) is 1.40. The summed E-state index contributed by atoms with van der Waals surface area (Å²) in [5.41, 5.74) is 2.98. The minimum Gasteiger partial charge on any atom is -0.493 e. The van der Waals surface area contributed by atoms with E-state index in [-0.39, 0.29) is 11.5 Å². The molecule has 0 aliphatic heterocycles. The highest BCUT2D eigenvalue weighted by Gasteiger charge is 2.08. The van der Waals surface area contributed by atoms with E-state index in [1.165, 1.54) is 0 Å². The van der Waals surface area contributed by atoms with E-state index >= 15 is 0 Å².